The zero-order chi connectivity index (χ0) is 9.30. The van der Waals surface area contributed by atoms with E-state index in [9.17, 15) is 14.4 Å². The molecule has 1 fully saturated rings. The lowest BCUT2D eigenvalue weighted by Crippen LogP contribution is -2.35. The Labute approximate surface area is 67.7 Å². The highest BCUT2D eigenvalue weighted by Crippen LogP contribution is 2.17. The van der Waals surface area contributed by atoms with Crippen molar-refractivity contribution < 1.29 is 19.5 Å². The Morgan fingerprint density at radius 1 is 1.58 bits per heavy atom. The van der Waals surface area contributed by atoms with Gasteiger partial charge in [-0.25, -0.2) is 0 Å². The Morgan fingerprint density at radius 2 is 2.17 bits per heavy atom. The number of amides is 2. The molecule has 2 amide bonds. The van der Waals surface area contributed by atoms with Crippen molar-refractivity contribution in [2.45, 2.75) is 0 Å². The molecule has 0 aromatic carbocycles. The molecule has 66 valence electrons. The van der Waals surface area contributed by atoms with Gasteiger partial charge in [-0.2, -0.15) is 0 Å². The molecule has 2 atom stereocenters. The summed E-state index contributed by atoms with van der Waals surface area (Å²) >= 11 is 0. The second kappa shape index (κ2) is 2.80. The van der Waals surface area contributed by atoms with Gasteiger partial charge in [0.2, 0.25) is 11.8 Å². The third kappa shape index (κ3) is 1.23. The largest absolute Gasteiger partial charge is 0.481 e. The van der Waals surface area contributed by atoms with Crippen molar-refractivity contribution in [3.05, 3.63) is 0 Å². The molecule has 1 rings (SSSR count). The zero-order valence-corrected chi connectivity index (χ0v) is 6.11. The SMILES string of the molecule is NC(=O)[C@H]1C(=O)NC[C@@H]1C(=O)O. The molecule has 0 saturated carbocycles. The molecule has 0 radical (unpaired) electrons. The highest BCUT2D eigenvalue weighted by atomic mass is 16.4. The van der Waals surface area contributed by atoms with Crippen molar-refractivity contribution in [3.63, 3.8) is 0 Å². The van der Waals surface area contributed by atoms with Crippen LogP contribution in [-0.2, 0) is 14.4 Å². The summed E-state index contributed by atoms with van der Waals surface area (Å²) in [6.07, 6.45) is 0. The first-order valence-electron chi connectivity index (χ1n) is 3.34. The van der Waals surface area contributed by atoms with E-state index < -0.39 is 29.6 Å². The van der Waals surface area contributed by atoms with Gasteiger partial charge in [-0.1, -0.05) is 0 Å². The van der Waals surface area contributed by atoms with E-state index in [0.717, 1.165) is 0 Å². The molecule has 1 aliphatic heterocycles. The second-order valence-corrected chi connectivity index (χ2v) is 2.57. The minimum absolute atomic E-state index is 0.0260. The number of carboxylic acids is 1. The summed E-state index contributed by atoms with van der Waals surface area (Å²) in [5, 5.41) is 10.8. The van der Waals surface area contributed by atoms with Crippen LogP contribution in [0.1, 0.15) is 0 Å². The number of nitrogens with one attached hydrogen (secondary N) is 1. The molecule has 12 heavy (non-hydrogen) atoms. The van der Waals surface area contributed by atoms with Crippen molar-refractivity contribution in [1.82, 2.24) is 5.32 Å². The minimum Gasteiger partial charge on any atom is -0.481 e. The molecule has 6 heteroatoms. The normalized spacial score (nSPS) is 28.2. The van der Waals surface area contributed by atoms with Gasteiger partial charge in [0.25, 0.3) is 0 Å². The quantitative estimate of drug-likeness (QED) is 0.415. The lowest BCUT2D eigenvalue weighted by molar-refractivity contribution is -0.147. The van der Waals surface area contributed by atoms with Gasteiger partial charge in [0.1, 0.15) is 5.92 Å². The second-order valence-electron chi connectivity index (χ2n) is 2.57. The van der Waals surface area contributed by atoms with Crippen LogP contribution in [-0.4, -0.2) is 29.4 Å². The van der Waals surface area contributed by atoms with E-state index in [-0.39, 0.29) is 6.54 Å². The summed E-state index contributed by atoms with van der Waals surface area (Å²) in [6, 6.07) is 0. The van der Waals surface area contributed by atoms with Crippen molar-refractivity contribution in [1.29, 1.82) is 0 Å². The summed E-state index contributed by atoms with van der Waals surface area (Å²) in [5.41, 5.74) is 4.85. The van der Waals surface area contributed by atoms with Crippen LogP contribution in [0, 0.1) is 11.8 Å². The molecule has 0 bridgehead atoms. The van der Waals surface area contributed by atoms with Gasteiger partial charge in [0.15, 0.2) is 0 Å². The minimum atomic E-state index is -1.22. The molecule has 4 N–H and O–H groups in total. The Kier molecular flexibility index (Phi) is 1.99. The summed E-state index contributed by atoms with van der Waals surface area (Å²) in [7, 11) is 0. The average Bonchev–Trinajstić information content (AvgIpc) is 2.30. The van der Waals surface area contributed by atoms with Crippen LogP contribution in [0.3, 0.4) is 0 Å². The van der Waals surface area contributed by atoms with Crippen LogP contribution in [0.4, 0.5) is 0 Å². The van der Waals surface area contributed by atoms with E-state index in [4.69, 9.17) is 10.8 Å². The molecule has 1 saturated heterocycles. The Bertz CT molecular complexity index is 250. The number of carbonyl (C=O) groups is 3. The fraction of sp³-hybridized carbons (Fsp3) is 0.500. The number of primary amides is 1. The van der Waals surface area contributed by atoms with E-state index in [1.807, 2.05) is 0 Å². The van der Waals surface area contributed by atoms with Gasteiger partial charge < -0.3 is 16.2 Å². The fourth-order valence-corrected chi connectivity index (χ4v) is 1.18. The first-order chi connectivity index (χ1) is 5.54. The molecule has 0 aromatic heterocycles. The van der Waals surface area contributed by atoms with Gasteiger partial charge in [-0.05, 0) is 0 Å². The average molecular weight is 172 g/mol. The summed E-state index contributed by atoms with van der Waals surface area (Å²) in [6.45, 7) is -0.0260. The van der Waals surface area contributed by atoms with Crippen molar-refractivity contribution >= 4 is 17.8 Å². The number of carbonyl (C=O) groups excluding carboxylic acids is 2. The van der Waals surface area contributed by atoms with Gasteiger partial charge >= 0.3 is 5.97 Å². The van der Waals surface area contributed by atoms with Gasteiger partial charge in [-0.15, -0.1) is 0 Å². The molecule has 0 aliphatic carbocycles. The Morgan fingerprint density at radius 3 is 2.50 bits per heavy atom. The molecule has 0 unspecified atom stereocenters. The Hall–Kier alpha value is -1.59. The summed E-state index contributed by atoms with van der Waals surface area (Å²) in [4.78, 5) is 31.9. The van der Waals surface area contributed by atoms with E-state index in [1.54, 1.807) is 0 Å². The third-order valence-corrected chi connectivity index (χ3v) is 1.80. The van der Waals surface area contributed by atoms with Crippen molar-refractivity contribution in [2.24, 2.45) is 17.6 Å². The maximum absolute atomic E-state index is 10.9. The van der Waals surface area contributed by atoms with Crippen LogP contribution in [0.15, 0.2) is 0 Å². The van der Waals surface area contributed by atoms with E-state index in [0.29, 0.717) is 0 Å². The van der Waals surface area contributed by atoms with E-state index in [1.165, 1.54) is 0 Å². The molecule has 0 aromatic rings. The van der Waals surface area contributed by atoms with Crippen molar-refractivity contribution in [3.8, 4) is 0 Å². The van der Waals surface area contributed by atoms with E-state index in [2.05, 4.69) is 5.32 Å². The summed E-state index contributed by atoms with van der Waals surface area (Å²) in [5.74, 6) is -4.91. The number of nitrogens with two attached hydrogens (primary N) is 1. The number of aliphatic carboxylic acids is 1. The molecule has 6 nitrogen and oxygen atoms in total. The highest BCUT2D eigenvalue weighted by molar-refractivity contribution is 6.04. The molecule has 0 spiro atoms. The first-order valence-corrected chi connectivity index (χ1v) is 3.34. The van der Waals surface area contributed by atoms with Gasteiger partial charge in [0, 0.05) is 6.54 Å². The van der Waals surface area contributed by atoms with Crippen LogP contribution in [0.2, 0.25) is 0 Å². The van der Waals surface area contributed by atoms with E-state index >= 15 is 0 Å². The maximum atomic E-state index is 10.9. The smallest absolute Gasteiger partial charge is 0.309 e. The number of hydrogen-bond acceptors (Lipinski definition) is 3. The molecule has 1 aliphatic rings. The number of rotatable bonds is 2. The topological polar surface area (TPSA) is 109 Å². The van der Waals surface area contributed by atoms with Crippen LogP contribution >= 0.6 is 0 Å². The number of carboxylic acid groups (broad SMARTS) is 1. The predicted molar refractivity (Wildman–Crippen MR) is 36.8 cm³/mol. The van der Waals surface area contributed by atoms with Crippen molar-refractivity contribution in [2.75, 3.05) is 6.54 Å². The zero-order valence-electron chi connectivity index (χ0n) is 6.11. The maximum Gasteiger partial charge on any atom is 0.309 e. The third-order valence-electron chi connectivity index (χ3n) is 1.80. The van der Waals surface area contributed by atoms with Gasteiger partial charge in [0.05, 0.1) is 5.92 Å². The summed E-state index contributed by atoms with van der Waals surface area (Å²) < 4.78 is 0. The Balaban J connectivity index is 2.84. The van der Waals surface area contributed by atoms with Crippen LogP contribution in [0.5, 0.6) is 0 Å². The fourth-order valence-electron chi connectivity index (χ4n) is 1.18. The predicted octanol–water partition coefficient (Wildman–Crippen LogP) is -2.08. The van der Waals surface area contributed by atoms with Crippen LogP contribution in [0.25, 0.3) is 0 Å². The first kappa shape index (κ1) is 8.51. The highest BCUT2D eigenvalue weighted by Gasteiger charge is 2.43. The molecule has 1 heterocycles. The molecular formula is C6H8N2O4. The lowest BCUT2D eigenvalue weighted by Gasteiger charge is -2.06. The number of hydrogen-bond donors (Lipinski definition) is 3. The lowest BCUT2D eigenvalue weighted by atomic mass is 9.95. The monoisotopic (exact) mass is 172 g/mol. The van der Waals surface area contributed by atoms with Crippen LogP contribution < -0.4 is 11.1 Å². The standard InChI is InChI=1S/C6H8N2O4/c7-4(9)3-2(6(11)12)1-8-5(3)10/h2-3H,1H2,(H2,7,9)(H,8,10)(H,11,12)/t2-,3-/m0/s1. The van der Waals surface area contributed by atoms with Gasteiger partial charge in [-0.3, -0.25) is 14.4 Å². The molecular weight excluding hydrogens is 164 g/mol.